The topological polar surface area (TPSA) is 40.9 Å². The van der Waals surface area contributed by atoms with Crippen LogP contribution in [0.5, 0.6) is 0 Å². The highest BCUT2D eigenvalue weighted by Crippen LogP contribution is 2.10. The Hall–Kier alpha value is -0.0500. The van der Waals surface area contributed by atoms with E-state index in [2.05, 4.69) is 0 Å². The van der Waals surface area contributed by atoms with Crippen LogP contribution in [0.3, 0.4) is 0 Å². The van der Waals surface area contributed by atoms with Crippen molar-refractivity contribution in [3.63, 3.8) is 0 Å². The largest absolute Gasteiger partial charge is 0.253 e. The summed E-state index contributed by atoms with van der Waals surface area (Å²) >= 11 is 0. The average molecular weight is 177 g/mol. The van der Waals surface area contributed by atoms with Gasteiger partial charge in [-0.3, -0.25) is 4.78 Å². The molecule has 0 radical (unpaired) electrons. The lowest BCUT2D eigenvalue weighted by atomic mass is 10.3. The van der Waals surface area contributed by atoms with Gasteiger partial charge in [0, 0.05) is 20.7 Å². The molecule has 0 heterocycles. The Labute approximate surface area is 70.4 Å². The second-order valence-corrected chi connectivity index (χ2v) is 6.10. The van der Waals surface area contributed by atoms with E-state index in [4.69, 9.17) is 4.78 Å². The first-order chi connectivity index (χ1) is 4.90. The van der Waals surface area contributed by atoms with Crippen LogP contribution in [-0.2, 0) is 9.73 Å². The van der Waals surface area contributed by atoms with Gasteiger partial charge < -0.3 is 0 Å². The van der Waals surface area contributed by atoms with Crippen LogP contribution in [0.15, 0.2) is 0 Å². The van der Waals surface area contributed by atoms with Gasteiger partial charge in [-0.05, 0) is 19.3 Å². The molecular weight excluding hydrogens is 158 g/mol. The van der Waals surface area contributed by atoms with E-state index in [1.165, 1.54) is 0 Å². The van der Waals surface area contributed by atoms with Gasteiger partial charge in [0.05, 0.1) is 0 Å². The predicted octanol–water partition coefficient (Wildman–Crippen LogP) is 2.49. The van der Waals surface area contributed by atoms with Crippen molar-refractivity contribution in [1.82, 2.24) is 0 Å². The van der Waals surface area contributed by atoms with Crippen molar-refractivity contribution in [2.45, 2.75) is 39.4 Å². The molecule has 2 nitrogen and oxygen atoms in total. The van der Waals surface area contributed by atoms with Gasteiger partial charge in [0.15, 0.2) is 0 Å². The molecule has 0 aromatic rings. The fraction of sp³-hybridized carbons (Fsp3) is 1.00. The number of hydrogen-bond acceptors (Lipinski definition) is 2. The normalized spacial score (nSPS) is 19.7. The first-order valence-electron chi connectivity index (χ1n) is 4.15. The van der Waals surface area contributed by atoms with Crippen LogP contribution in [0.4, 0.5) is 0 Å². The fourth-order valence-electron chi connectivity index (χ4n) is 0.929. The molecule has 68 valence electrons. The minimum Gasteiger partial charge on any atom is -0.253 e. The highest BCUT2D eigenvalue weighted by Gasteiger charge is 2.15. The maximum atomic E-state index is 11.6. The molecule has 0 saturated heterocycles. The van der Waals surface area contributed by atoms with E-state index < -0.39 is 9.73 Å². The van der Waals surface area contributed by atoms with E-state index >= 15 is 0 Å². The zero-order chi connectivity index (χ0) is 9.07. The molecule has 2 atom stereocenters. The lowest BCUT2D eigenvalue weighted by molar-refractivity contribution is 0.641. The summed E-state index contributed by atoms with van der Waals surface area (Å²) in [4.78, 5) is 0. The quantitative estimate of drug-likeness (QED) is 0.704. The maximum Gasteiger partial charge on any atom is 0.0470 e. The summed E-state index contributed by atoms with van der Waals surface area (Å²) in [6.45, 7) is 7.91. The molecule has 0 rings (SSSR count). The molecule has 0 aliphatic carbocycles. The summed E-state index contributed by atoms with van der Waals surface area (Å²) in [5.74, 6) is 0.913. The summed E-state index contributed by atoms with van der Waals surface area (Å²) in [6.07, 6.45) is 0.842. The standard InChI is InChI=1S/C8H19NOS/c1-5-8(4)11(9,10)6-7(2)3/h7-9H,5-6H2,1-4H3/t8-,11-/m1/s1. The van der Waals surface area contributed by atoms with Gasteiger partial charge in [0.25, 0.3) is 0 Å². The van der Waals surface area contributed by atoms with E-state index in [1.807, 2.05) is 27.7 Å². The minimum absolute atomic E-state index is 0.0462. The summed E-state index contributed by atoms with van der Waals surface area (Å²) in [7, 11) is -2.31. The van der Waals surface area contributed by atoms with E-state index in [1.54, 1.807) is 0 Å². The third kappa shape index (κ3) is 3.75. The van der Waals surface area contributed by atoms with Crippen molar-refractivity contribution in [1.29, 1.82) is 4.78 Å². The molecule has 0 aliphatic rings. The molecule has 0 spiro atoms. The molecule has 0 fully saturated rings. The monoisotopic (exact) mass is 177 g/mol. The number of nitrogens with one attached hydrogen (secondary N) is 1. The Kier molecular flexibility index (Phi) is 4.08. The molecule has 0 aromatic heterocycles. The van der Waals surface area contributed by atoms with Crippen LogP contribution in [0, 0.1) is 10.7 Å². The Morgan fingerprint density at radius 3 is 2.09 bits per heavy atom. The van der Waals surface area contributed by atoms with E-state index in [-0.39, 0.29) is 5.25 Å². The van der Waals surface area contributed by atoms with Crippen LogP contribution in [-0.4, -0.2) is 15.2 Å². The van der Waals surface area contributed by atoms with Gasteiger partial charge in [0.1, 0.15) is 0 Å². The molecule has 0 aliphatic heterocycles. The van der Waals surface area contributed by atoms with Crippen molar-refractivity contribution in [2.75, 3.05) is 5.75 Å². The number of rotatable bonds is 4. The molecule has 1 N–H and O–H groups in total. The lowest BCUT2D eigenvalue weighted by Crippen LogP contribution is -2.21. The SMILES string of the molecule is CC[C@@H](C)[S@](=N)(=O)CC(C)C. The highest BCUT2D eigenvalue weighted by atomic mass is 32.2. The van der Waals surface area contributed by atoms with Crippen LogP contribution >= 0.6 is 0 Å². The summed E-state index contributed by atoms with van der Waals surface area (Å²) in [6, 6.07) is 0. The first kappa shape index (κ1) is 11.0. The smallest absolute Gasteiger partial charge is 0.0470 e. The molecule has 3 heteroatoms. The van der Waals surface area contributed by atoms with E-state index in [0.717, 1.165) is 6.42 Å². The molecule has 11 heavy (non-hydrogen) atoms. The molecule has 0 amide bonds. The van der Waals surface area contributed by atoms with Crippen molar-refractivity contribution in [3.8, 4) is 0 Å². The second-order valence-electron chi connectivity index (χ2n) is 3.51. The van der Waals surface area contributed by atoms with Crippen LogP contribution in [0.1, 0.15) is 34.1 Å². The van der Waals surface area contributed by atoms with E-state index in [9.17, 15) is 4.21 Å². The molecular formula is C8H19NOS. The molecule has 0 bridgehead atoms. The molecule has 0 unspecified atom stereocenters. The zero-order valence-corrected chi connectivity index (χ0v) is 8.70. The Morgan fingerprint density at radius 1 is 1.36 bits per heavy atom. The van der Waals surface area contributed by atoms with E-state index in [0.29, 0.717) is 11.7 Å². The predicted molar refractivity (Wildman–Crippen MR) is 50.3 cm³/mol. The Morgan fingerprint density at radius 2 is 1.82 bits per heavy atom. The van der Waals surface area contributed by atoms with Gasteiger partial charge in [0.2, 0.25) is 0 Å². The van der Waals surface area contributed by atoms with Gasteiger partial charge in [-0.25, -0.2) is 4.21 Å². The van der Waals surface area contributed by atoms with Crippen LogP contribution in [0.25, 0.3) is 0 Å². The van der Waals surface area contributed by atoms with Crippen molar-refractivity contribution >= 4 is 9.73 Å². The van der Waals surface area contributed by atoms with Gasteiger partial charge in [-0.2, -0.15) is 0 Å². The van der Waals surface area contributed by atoms with Crippen LogP contribution < -0.4 is 0 Å². The average Bonchev–Trinajstić information content (AvgIpc) is 1.83. The van der Waals surface area contributed by atoms with Crippen LogP contribution in [0.2, 0.25) is 0 Å². The lowest BCUT2D eigenvalue weighted by Gasteiger charge is -2.15. The Balaban J connectivity index is 4.23. The van der Waals surface area contributed by atoms with Gasteiger partial charge in [-0.15, -0.1) is 0 Å². The maximum absolute atomic E-state index is 11.6. The summed E-state index contributed by atoms with van der Waals surface area (Å²) < 4.78 is 19.2. The third-order valence-electron chi connectivity index (χ3n) is 1.81. The third-order valence-corrected chi connectivity index (χ3v) is 4.60. The Bertz CT molecular complexity index is 194. The summed E-state index contributed by atoms with van der Waals surface area (Å²) in [5, 5.41) is 0.0462. The number of hydrogen-bond donors (Lipinski definition) is 1. The van der Waals surface area contributed by atoms with Crippen molar-refractivity contribution in [3.05, 3.63) is 0 Å². The summed E-state index contributed by atoms with van der Waals surface area (Å²) in [5.41, 5.74) is 0. The van der Waals surface area contributed by atoms with Crippen molar-refractivity contribution < 1.29 is 4.21 Å². The highest BCUT2D eigenvalue weighted by molar-refractivity contribution is 7.93. The zero-order valence-electron chi connectivity index (χ0n) is 7.89. The second kappa shape index (κ2) is 4.10. The first-order valence-corrected chi connectivity index (χ1v) is 5.94. The fourth-order valence-corrected chi connectivity index (χ4v) is 2.79. The minimum atomic E-state index is -2.31. The van der Waals surface area contributed by atoms with Crippen molar-refractivity contribution in [2.24, 2.45) is 5.92 Å². The van der Waals surface area contributed by atoms with Gasteiger partial charge >= 0.3 is 0 Å². The molecule has 0 aromatic carbocycles. The van der Waals surface area contributed by atoms with Gasteiger partial charge in [-0.1, -0.05) is 20.8 Å². The molecule has 0 saturated carbocycles.